The second kappa shape index (κ2) is 7.66. The number of hydrogen-bond acceptors (Lipinski definition) is 5. The number of carbonyl (C=O) groups excluding carboxylic acids is 1. The summed E-state index contributed by atoms with van der Waals surface area (Å²) in [6, 6.07) is 14.7. The average molecular weight is 400 g/mol. The number of carbonyl (C=O) groups is 1. The first-order valence-corrected chi connectivity index (χ1v) is 9.85. The summed E-state index contributed by atoms with van der Waals surface area (Å²) in [6.45, 7) is 3.29. The monoisotopic (exact) mass is 399 g/mol. The summed E-state index contributed by atoms with van der Waals surface area (Å²) in [6.07, 6.45) is 1.77. The number of anilines is 1. The molecule has 138 valence electrons. The van der Waals surface area contributed by atoms with Crippen molar-refractivity contribution in [2.45, 2.75) is 0 Å². The van der Waals surface area contributed by atoms with Crippen LogP contribution in [0.3, 0.4) is 0 Å². The molecule has 1 N–H and O–H groups in total. The number of hydrogen-bond donors (Lipinski definition) is 1. The molecule has 2 aliphatic heterocycles. The SMILES string of the molecule is O=C1N=C(N2CCN(c3cccc(Cl)c3)CC2)S/C1=C\c1cccc(O)c1. The van der Waals surface area contributed by atoms with E-state index in [0.29, 0.717) is 4.91 Å². The average Bonchev–Trinajstić information content (AvgIpc) is 3.02. The van der Waals surface area contributed by atoms with Gasteiger partial charge in [0.15, 0.2) is 5.17 Å². The predicted octanol–water partition coefficient (Wildman–Crippen LogP) is 3.84. The van der Waals surface area contributed by atoms with Crippen molar-refractivity contribution in [1.29, 1.82) is 0 Å². The zero-order chi connectivity index (χ0) is 18.8. The second-order valence-electron chi connectivity index (χ2n) is 6.36. The van der Waals surface area contributed by atoms with Crippen molar-refractivity contribution in [3.05, 3.63) is 64.0 Å². The third-order valence-electron chi connectivity index (χ3n) is 4.50. The molecule has 1 amide bonds. The number of rotatable bonds is 2. The number of thioether (sulfide) groups is 1. The fraction of sp³-hybridized carbons (Fsp3) is 0.200. The van der Waals surface area contributed by atoms with Gasteiger partial charge < -0.3 is 14.9 Å². The van der Waals surface area contributed by atoms with Crippen LogP contribution >= 0.6 is 23.4 Å². The minimum atomic E-state index is -0.226. The van der Waals surface area contributed by atoms with Crippen molar-refractivity contribution in [2.75, 3.05) is 31.1 Å². The first-order valence-electron chi connectivity index (χ1n) is 8.65. The summed E-state index contributed by atoms with van der Waals surface area (Å²) >= 11 is 7.48. The molecule has 2 heterocycles. The number of halogens is 1. The Balaban J connectivity index is 1.41. The highest BCUT2D eigenvalue weighted by Gasteiger charge is 2.28. The van der Waals surface area contributed by atoms with Crippen LogP contribution in [0.1, 0.15) is 5.56 Å². The number of phenols is 1. The summed E-state index contributed by atoms with van der Waals surface area (Å²) in [5, 5.41) is 11.1. The molecule has 0 bridgehead atoms. The van der Waals surface area contributed by atoms with Gasteiger partial charge in [-0.15, -0.1) is 0 Å². The van der Waals surface area contributed by atoms with Gasteiger partial charge in [-0.2, -0.15) is 4.99 Å². The lowest BCUT2D eigenvalue weighted by molar-refractivity contribution is -0.113. The van der Waals surface area contributed by atoms with E-state index in [1.165, 1.54) is 11.8 Å². The number of phenolic OH excluding ortho intramolecular Hbond substituents is 1. The molecule has 2 aromatic carbocycles. The molecule has 0 spiro atoms. The van der Waals surface area contributed by atoms with Crippen molar-refractivity contribution < 1.29 is 9.90 Å². The molecule has 2 aliphatic rings. The lowest BCUT2D eigenvalue weighted by atomic mass is 10.2. The van der Waals surface area contributed by atoms with E-state index in [1.54, 1.807) is 24.3 Å². The molecule has 1 saturated heterocycles. The first kappa shape index (κ1) is 17.9. The zero-order valence-corrected chi connectivity index (χ0v) is 16.1. The molecule has 5 nitrogen and oxygen atoms in total. The third kappa shape index (κ3) is 4.12. The number of amidine groups is 1. The Hall–Kier alpha value is -2.44. The zero-order valence-electron chi connectivity index (χ0n) is 14.5. The van der Waals surface area contributed by atoms with Gasteiger partial charge in [-0.05, 0) is 53.7 Å². The maximum atomic E-state index is 12.2. The van der Waals surface area contributed by atoms with E-state index >= 15 is 0 Å². The fourth-order valence-corrected chi connectivity index (χ4v) is 4.28. The molecule has 0 aromatic heterocycles. The van der Waals surface area contributed by atoms with Crippen molar-refractivity contribution in [1.82, 2.24) is 4.90 Å². The van der Waals surface area contributed by atoms with Gasteiger partial charge in [-0.25, -0.2) is 0 Å². The van der Waals surface area contributed by atoms with Gasteiger partial charge in [0.25, 0.3) is 5.91 Å². The van der Waals surface area contributed by atoms with Crippen LogP contribution < -0.4 is 4.90 Å². The molecule has 0 radical (unpaired) electrons. The second-order valence-corrected chi connectivity index (χ2v) is 7.80. The Morgan fingerprint density at radius 1 is 1.04 bits per heavy atom. The summed E-state index contributed by atoms with van der Waals surface area (Å²) in [5.74, 6) is -0.0475. The highest BCUT2D eigenvalue weighted by molar-refractivity contribution is 8.18. The van der Waals surface area contributed by atoms with Gasteiger partial charge >= 0.3 is 0 Å². The van der Waals surface area contributed by atoms with Crippen LogP contribution in [0.4, 0.5) is 5.69 Å². The maximum absolute atomic E-state index is 12.2. The maximum Gasteiger partial charge on any atom is 0.286 e. The number of nitrogens with zero attached hydrogens (tertiary/aromatic N) is 3. The molecule has 4 rings (SSSR count). The van der Waals surface area contributed by atoms with Crippen LogP contribution in [0.2, 0.25) is 5.02 Å². The Kier molecular flexibility index (Phi) is 5.09. The summed E-state index contributed by atoms with van der Waals surface area (Å²) in [5.41, 5.74) is 1.90. The van der Waals surface area contributed by atoms with E-state index < -0.39 is 0 Å². The summed E-state index contributed by atoms with van der Waals surface area (Å²) < 4.78 is 0. The van der Waals surface area contributed by atoms with E-state index in [9.17, 15) is 9.90 Å². The predicted molar refractivity (Wildman–Crippen MR) is 111 cm³/mol. The van der Waals surface area contributed by atoms with Gasteiger partial charge in [-0.3, -0.25) is 4.79 Å². The van der Waals surface area contributed by atoms with E-state index in [-0.39, 0.29) is 11.7 Å². The van der Waals surface area contributed by atoms with Crippen LogP contribution in [0, 0.1) is 0 Å². The topological polar surface area (TPSA) is 56.1 Å². The minimum Gasteiger partial charge on any atom is -0.508 e. The van der Waals surface area contributed by atoms with Crippen LogP contribution in [0.5, 0.6) is 5.75 Å². The largest absolute Gasteiger partial charge is 0.508 e. The van der Waals surface area contributed by atoms with Gasteiger partial charge in [0, 0.05) is 36.9 Å². The lowest BCUT2D eigenvalue weighted by Gasteiger charge is -2.36. The molecule has 0 atom stereocenters. The number of benzene rings is 2. The van der Waals surface area contributed by atoms with Crippen molar-refractivity contribution in [2.24, 2.45) is 4.99 Å². The number of amides is 1. The quantitative estimate of drug-likeness (QED) is 0.777. The highest BCUT2D eigenvalue weighted by atomic mass is 35.5. The molecule has 0 aliphatic carbocycles. The summed E-state index contributed by atoms with van der Waals surface area (Å²) in [4.78, 5) is 21.5. The number of piperazine rings is 1. The molecule has 27 heavy (non-hydrogen) atoms. The number of aromatic hydroxyl groups is 1. The van der Waals surface area contributed by atoms with Crippen LogP contribution in [0.15, 0.2) is 58.4 Å². The fourth-order valence-electron chi connectivity index (χ4n) is 3.13. The first-order chi connectivity index (χ1) is 13.1. The molecule has 0 saturated carbocycles. The molecule has 1 fully saturated rings. The molecule has 0 unspecified atom stereocenters. The minimum absolute atomic E-state index is 0.179. The van der Waals surface area contributed by atoms with Gasteiger partial charge in [-0.1, -0.05) is 29.8 Å². The Labute approximate surface area is 167 Å². The van der Waals surface area contributed by atoms with Crippen molar-refractivity contribution in [3.63, 3.8) is 0 Å². The Bertz CT molecular complexity index is 936. The molecular weight excluding hydrogens is 382 g/mol. The van der Waals surface area contributed by atoms with E-state index in [4.69, 9.17) is 11.6 Å². The summed E-state index contributed by atoms with van der Waals surface area (Å²) in [7, 11) is 0. The highest BCUT2D eigenvalue weighted by Crippen LogP contribution is 2.31. The van der Waals surface area contributed by atoms with Crippen LogP contribution in [-0.4, -0.2) is 47.3 Å². The smallest absolute Gasteiger partial charge is 0.286 e. The van der Waals surface area contributed by atoms with Gasteiger partial charge in [0.1, 0.15) is 5.75 Å². The standard InChI is InChI=1S/C20H18ClN3O2S/c21-15-4-2-5-16(13-15)23-7-9-24(10-8-23)20-22-19(26)18(27-20)12-14-3-1-6-17(25)11-14/h1-6,11-13,25H,7-10H2/b18-12-. The molecular formula is C20H18ClN3O2S. The Morgan fingerprint density at radius 3 is 2.52 bits per heavy atom. The Morgan fingerprint density at radius 2 is 1.78 bits per heavy atom. The van der Waals surface area contributed by atoms with E-state index in [1.807, 2.05) is 24.3 Å². The number of aliphatic imine (C=N–C) groups is 1. The van der Waals surface area contributed by atoms with Gasteiger partial charge in [0.2, 0.25) is 0 Å². The molecule has 2 aromatic rings. The normalized spacial score (nSPS) is 18.9. The van der Waals surface area contributed by atoms with Crippen molar-refractivity contribution in [3.8, 4) is 5.75 Å². The lowest BCUT2D eigenvalue weighted by Crippen LogP contribution is -2.47. The third-order valence-corrected chi connectivity index (χ3v) is 5.78. The molecule has 7 heteroatoms. The van der Waals surface area contributed by atoms with Gasteiger partial charge in [0.05, 0.1) is 4.91 Å². The van der Waals surface area contributed by atoms with E-state index in [0.717, 1.165) is 47.6 Å². The van der Waals surface area contributed by atoms with Crippen LogP contribution in [-0.2, 0) is 4.79 Å². The van der Waals surface area contributed by atoms with Crippen molar-refractivity contribution >= 4 is 46.2 Å². The van der Waals surface area contributed by atoms with Crippen LogP contribution in [0.25, 0.3) is 6.08 Å². The van der Waals surface area contributed by atoms with E-state index in [2.05, 4.69) is 20.9 Å².